The van der Waals surface area contributed by atoms with Gasteiger partial charge < -0.3 is 30.4 Å². The maximum atomic E-state index is 14.0. The Morgan fingerprint density at radius 1 is 1.05 bits per heavy atom. The first-order chi connectivity index (χ1) is 21.1. The van der Waals surface area contributed by atoms with Crippen LogP contribution in [0.4, 0.5) is 23.7 Å². The number of hydrogen-bond donors (Lipinski definition) is 4. The van der Waals surface area contributed by atoms with Gasteiger partial charge in [0.25, 0.3) is 0 Å². The van der Waals surface area contributed by atoms with E-state index in [1.807, 2.05) is 29.2 Å². The Balaban J connectivity index is 1.05. The summed E-state index contributed by atoms with van der Waals surface area (Å²) in [5.41, 5.74) is 2.08. The number of carbonyl (C=O) groups excluding carboxylic acids is 1. The molecule has 3 aliphatic rings. The highest BCUT2D eigenvalue weighted by Gasteiger charge is 2.43. The zero-order valence-corrected chi connectivity index (χ0v) is 24.0. The van der Waals surface area contributed by atoms with Crippen molar-refractivity contribution < 1.29 is 27.8 Å². The van der Waals surface area contributed by atoms with E-state index >= 15 is 0 Å². The number of piperazine rings is 1. The van der Waals surface area contributed by atoms with Crippen LogP contribution in [0.15, 0.2) is 54.7 Å². The van der Waals surface area contributed by atoms with Crippen LogP contribution in [0.25, 0.3) is 11.0 Å². The zero-order valence-electron chi connectivity index (χ0n) is 24.0. The fourth-order valence-corrected chi connectivity index (χ4v) is 6.00. The fourth-order valence-electron chi connectivity index (χ4n) is 6.00. The monoisotopic (exact) mass is 606 g/mol. The molecule has 12 heteroatoms. The van der Waals surface area contributed by atoms with E-state index in [9.17, 15) is 23.1 Å². The molecule has 1 saturated carbocycles. The number of aliphatic hydroxyl groups is 1. The quantitative estimate of drug-likeness (QED) is 0.236. The second-order valence-corrected chi connectivity index (χ2v) is 11.8. The third-order valence-electron chi connectivity index (χ3n) is 8.69. The molecule has 2 amide bonds. The SMILES string of the molecule is O=C(Nc1ccc(CN2CCNCC2)c(C(F)(F)F)c1)N1CCc2ccc(Oc3ccnc4[nH]c(C5(O)CC5)cc34)cc2C1. The Bertz CT molecular complexity index is 1710. The molecule has 0 spiro atoms. The van der Waals surface area contributed by atoms with Crippen molar-refractivity contribution in [3.8, 4) is 11.5 Å². The lowest BCUT2D eigenvalue weighted by Crippen LogP contribution is -2.43. The van der Waals surface area contributed by atoms with Crippen LogP contribution in [-0.4, -0.2) is 63.6 Å². The molecule has 2 aromatic heterocycles. The van der Waals surface area contributed by atoms with Gasteiger partial charge in [-0.15, -0.1) is 0 Å². The number of nitrogens with one attached hydrogen (secondary N) is 3. The first kappa shape index (κ1) is 28.6. The van der Waals surface area contributed by atoms with E-state index in [2.05, 4.69) is 20.6 Å². The largest absolute Gasteiger partial charge is 0.457 e. The summed E-state index contributed by atoms with van der Waals surface area (Å²) in [6.07, 6.45) is -0.877. The average molecular weight is 607 g/mol. The molecular weight excluding hydrogens is 573 g/mol. The van der Waals surface area contributed by atoms with Crippen LogP contribution in [-0.2, 0) is 31.3 Å². The van der Waals surface area contributed by atoms with E-state index in [1.165, 1.54) is 12.1 Å². The number of fused-ring (bicyclic) bond motifs is 2. The number of ether oxygens (including phenoxy) is 1. The van der Waals surface area contributed by atoms with Crippen LogP contribution < -0.4 is 15.4 Å². The van der Waals surface area contributed by atoms with E-state index in [-0.39, 0.29) is 17.8 Å². The number of pyridine rings is 1. The fraction of sp³-hybridized carbons (Fsp3) is 0.375. The molecule has 2 aromatic carbocycles. The molecule has 0 radical (unpaired) electrons. The predicted octanol–water partition coefficient (Wildman–Crippen LogP) is 5.35. The first-order valence-corrected chi connectivity index (χ1v) is 14.8. The molecule has 7 rings (SSSR count). The van der Waals surface area contributed by atoms with Crippen molar-refractivity contribution >= 4 is 22.8 Å². The van der Waals surface area contributed by atoms with Crippen LogP contribution in [0.5, 0.6) is 11.5 Å². The van der Waals surface area contributed by atoms with Crippen molar-refractivity contribution in [3.63, 3.8) is 0 Å². The Kier molecular flexibility index (Phi) is 7.22. The van der Waals surface area contributed by atoms with Crippen molar-refractivity contribution in [1.82, 2.24) is 25.1 Å². The number of aromatic nitrogens is 2. The summed E-state index contributed by atoms with van der Waals surface area (Å²) in [5.74, 6) is 1.18. The standard InChI is InChI=1S/C32H33F3N6O3/c33-32(34,35)26-16-23(3-1-21(26)18-40-13-10-36-11-14-40)38-30(42)41-12-6-20-2-4-24(15-22(20)19-41)44-27-5-9-37-29-25(27)17-28(39-29)31(43)7-8-31/h1-5,9,15-17,36,43H,6-8,10-14,18-19H2,(H,37,39)(H,38,42). The summed E-state index contributed by atoms with van der Waals surface area (Å²) in [5, 5.41) is 17.2. The predicted molar refractivity (Wildman–Crippen MR) is 158 cm³/mol. The molecule has 4 N–H and O–H groups in total. The average Bonchev–Trinajstić information content (AvgIpc) is 3.60. The molecule has 44 heavy (non-hydrogen) atoms. The van der Waals surface area contributed by atoms with Crippen LogP contribution in [0.1, 0.15) is 40.8 Å². The number of alkyl halides is 3. The van der Waals surface area contributed by atoms with Crippen LogP contribution >= 0.6 is 0 Å². The number of halogens is 3. The number of amides is 2. The van der Waals surface area contributed by atoms with Gasteiger partial charge in [-0.1, -0.05) is 12.1 Å². The topological polar surface area (TPSA) is 106 Å². The molecule has 0 atom stereocenters. The number of H-pyrrole nitrogens is 1. The van der Waals surface area contributed by atoms with Gasteiger partial charge in [0.15, 0.2) is 0 Å². The highest BCUT2D eigenvalue weighted by atomic mass is 19.4. The van der Waals surface area contributed by atoms with Crippen molar-refractivity contribution in [2.24, 2.45) is 0 Å². The first-order valence-electron chi connectivity index (χ1n) is 14.8. The van der Waals surface area contributed by atoms with E-state index in [1.54, 1.807) is 17.2 Å². The number of urea groups is 1. The van der Waals surface area contributed by atoms with E-state index in [0.717, 1.165) is 41.4 Å². The van der Waals surface area contributed by atoms with E-state index in [4.69, 9.17) is 4.74 Å². The Labute approximate surface area is 252 Å². The number of aromatic amines is 1. The highest BCUT2D eigenvalue weighted by Crippen LogP contribution is 2.46. The molecule has 9 nitrogen and oxygen atoms in total. The maximum Gasteiger partial charge on any atom is 0.416 e. The Morgan fingerprint density at radius 3 is 2.64 bits per heavy atom. The van der Waals surface area contributed by atoms with Gasteiger partial charge in [-0.2, -0.15) is 13.2 Å². The molecule has 2 fully saturated rings. The summed E-state index contributed by atoms with van der Waals surface area (Å²) in [6.45, 7) is 3.79. The lowest BCUT2D eigenvalue weighted by molar-refractivity contribution is -0.138. The number of rotatable bonds is 6. The minimum absolute atomic E-state index is 0.109. The number of carbonyl (C=O) groups is 1. The van der Waals surface area contributed by atoms with Gasteiger partial charge in [0.05, 0.1) is 10.9 Å². The van der Waals surface area contributed by atoms with Crippen molar-refractivity contribution in [1.29, 1.82) is 0 Å². The van der Waals surface area contributed by atoms with Gasteiger partial charge in [0.1, 0.15) is 22.7 Å². The normalized spacial score (nSPS) is 18.2. The van der Waals surface area contributed by atoms with Gasteiger partial charge in [-0.3, -0.25) is 4.90 Å². The molecule has 4 aromatic rings. The second kappa shape index (κ2) is 11.1. The number of benzene rings is 2. The summed E-state index contributed by atoms with van der Waals surface area (Å²) < 4.78 is 48.2. The highest BCUT2D eigenvalue weighted by molar-refractivity contribution is 5.89. The van der Waals surface area contributed by atoms with Gasteiger partial charge in [-0.25, -0.2) is 9.78 Å². The molecule has 2 aliphatic heterocycles. The van der Waals surface area contributed by atoms with Gasteiger partial charge >= 0.3 is 12.2 Å². The van der Waals surface area contributed by atoms with Crippen molar-refractivity contribution in [2.45, 2.75) is 44.1 Å². The van der Waals surface area contributed by atoms with E-state index in [0.29, 0.717) is 62.6 Å². The van der Waals surface area contributed by atoms with Crippen LogP contribution in [0.3, 0.4) is 0 Å². The lowest BCUT2D eigenvalue weighted by Gasteiger charge is -2.30. The number of nitrogens with zero attached hydrogens (tertiary/aromatic N) is 3. The Morgan fingerprint density at radius 2 is 1.86 bits per heavy atom. The molecule has 230 valence electrons. The van der Waals surface area contributed by atoms with Crippen molar-refractivity contribution in [2.75, 3.05) is 38.0 Å². The Hall–Kier alpha value is -4.13. The smallest absolute Gasteiger partial charge is 0.416 e. The minimum Gasteiger partial charge on any atom is -0.457 e. The minimum atomic E-state index is -4.54. The number of anilines is 1. The zero-order chi connectivity index (χ0) is 30.5. The lowest BCUT2D eigenvalue weighted by atomic mass is 9.99. The number of hydrogen-bond acceptors (Lipinski definition) is 6. The van der Waals surface area contributed by atoms with Gasteiger partial charge in [-0.05, 0) is 72.4 Å². The molecular formula is C32H33F3N6O3. The third-order valence-corrected chi connectivity index (χ3v) is 8.69. The van der Waals surface area contributed by atoms with Crippen LogP contribution in [0.2, 0.25) is 0 Å². The molecule has 1 aliphatic carbocycles. The second-order valence-electron chi connectivity index (χ2n) is 11.8. The molecule has 0 bridgehead atoms. The molecule has 1 saturated heterocycles. The van der Waals surface area contributed by atoms with Crippen LogP contribution in [0, 0.1) is 0 Å². The molecule has 4 heterocycles. The van der Waals surface area contributed by atoms with Gasteiger partial charge in [0, 0.05) is 63.4 Å². The van der Waals surface area contributed by atoms with E-state index < -0.39 is 23.4 Å². The third kappa shape index (κ3) is 5.84. The summed E-state index contributed by atoms with van der Waals surface area (Å²) in [4.78, 5) is 24.3. The summed E-state index contributed by atoms with van der Waals surface area (Å²) in [6, 6.07) is 12.9. The van der Waals surface area contributed by atoms with Gasteiger partial charge in [0.2, 0.25) is 0 Å². The van der Waals surface area contributed by atoms with Crippen molar-refractivity contribution in [3.05, 3.63) is 82.7 Å². The summed E-state index contributed by atoms with van der Waals surface area (Å²) in [7, 11) is 0. The summed E-state index contributed by atoms with van der Waals surface area (Å²) >= 11 is 0. The maximum absolute atomic E-state index is 14.0. The molecule has 0 unspecified atom stereocenters.